The normalized spacial score (nSPS) is 11.7. The maximum Gasteiger partial charge on any atom is 0.419 e. The molecule has 138 valence electrons. The largest absolute Gasteiger partial charge is 0.464 e. The van der Waals surface area contributed by atoms with E-state index in [0.29, 0.717) is 29.1 Å². The number of oxazole rings is 1. The zero-order valence-electron chi connectivity index (χ0n) is 14.7. The minimum absolute atomic E-state index is 0.00548. The van der Waals surface area contributed by atoms with Crippen LogP contribution in [0.1, 0.15) is 18.3 Å². The van der Waals surface area contributed by atoms with Crippen molar-refractivity contribution in [1.29, 1.82) is 0 Å². The Kier molecular flexibility index (Phi) is 4.45. The van der Waals surface area contributed by atoms with Gasteiger partial charge >= 0.3 is 11.8 Å². The van der Waals surface area contributed by atoms with Gasteiger partial charge in [0.25, 0.3) is 10.0 Å². The molecule has 0 amide bonds. The van der Waals surface area contributed by atoms with Crippen LogP contribution in [0.15, 0.2) is 32.3 Å². The fourth-order valence-electron chi connectivity index (χ4n) is 2.49. The molecular weight excluding hydrogens is 360 g/mol. The molecule has 9 nitrogen and oxygen atoms in total. The number of nitrogens with zero attached hydrogens (tertiary/aromatic N) is 3. The number of ether oxygens (including phenoxy) is 1. The Balaban J connectivity index is 2.02. The standard InChI is InChI=1S/C16H18N4O5S/c1-5-24-15-17-9(2)14(10(3)18-15)19-26(22,23)11-6-7-13-12(8-11)20(4)16(21)25-13/h6-8,19H,5H2,1-4H3. The van der Waals surface area contributed by atoms with E-state index < -0.39 is 15.8 Å². The fourth-order valence-corrected chi connectivity index (χ4v) is 3.69. The Bertz CT molecular complexity index is 1120. The van der Waals surface area contributed by atoms with E-state index in [2.05, 4.69) is 14.7 Å². The molecule has 3 rings (SSSR count). The molecule has 26 heavy (non-hydrogen) atoms. The fraction of sp³-hybridized carbons (Fsp3) is 0.312. The molecule has 0 aliphatic heterocycles. The van der Waals surface area contributed by atoms with Crippen molar-refractivity contribution in [2.75, 3.05) is 11.3 Å². The van der Waals surface area contributed by atoms with Crippen LogP contribution in [0.2, 0.25) is 0 Å². The molecule has 1 aromatic carbocycles. The summed E-state index contributed by atoms with van der Waals surface area (Å²) in [5.41, 5.74) is 1.87. The van der Waals surface area contributed by atoms with Crippen molar-refractivity contribution in [1.82, 2.24) is 14.5 Å². The van der Waals surface area contributed by atoms with E-state index in [1.165, 1.54) is 29.8 Å². The van der Waals surface area contributed by atoms with Crippen LogP contribution in [0.5, 0.6) is 6.01 Å². The third kappa shape index (κ3) is 3.15. The van der Waals surface area contributed by atoms with Crippen LogP contribution >= 0.6 is 0 Å². The maximum atomic E-state index is 12.8. The van der Waals surface area contributed by atoms with E-state index in [1.807, 2.05) is 6.92 Å². The summed E-state index contributed by atoms with van der Waals surface area (Å²) in [5, 5.41) is 0. The molecule has 0 unspecified atom stereocenters. The molecule has 0 fully saturated rings. The maximum absolute atomic E-state index is 12.8. The molecule has 0 saturated carbocycles. The van der Waals surface area contributed by atoms with Crippen molar-refractivity contribution < 1.29 is 17.6 Å². The van der Waals surface area contributed by atoms with E-state index in [-0.39, 0.29) is 16.6 Å². The third-order valence-electron chi connectivity index (χ3n) is 3.83. The van der Waals surface area contributed by atoms with Gasteiger partial charge in [-0.2, -0.15) is 9.97 Å². The quantitative estimate of drug-likeness (QED) is 0.719. The van der Waals surface area contributed by atoms with Gasteiger partial charge in [0.15, 0.2) is 5.58 Å². The molecule has 2 heterocycles. The van der Waals surface area contributed by atoms with Gasteiger partial charge in [-0.25, -0.2) is 13.2 Å². The lowest BCUT2D eigenvalue weighted by Gasteiger charge is -2.13. The summed E-state index contributed by atoms with van der Waals surface area (Å²) < 4.78 is 39.5. The van der Waals surface area contributed by atoms with Crippen molar-refractivity contribution >= 4 is 26.8 Å². The van der Waals surface area contributed by atoms with Crippen LogP contribution in [-0.4, -0.2) is 29.6 Å². The van der Waals surface area contributed by atoms with Gasteiger partial charge < -0.3 is 9.15 Å². The van der Waals surface area contributed by atoms with Gasteiger partial charge in [-0.3, -0.25) is 9.29 Å². The Morgan fingerprint density at radius 2 is 1.88 bits per heavy atom. The average Bonchev–Trinajstić information content (AvgIpc) is 2.85. The van der Waals surface area contributed by atoms with Gasteiger partial charge in [-0.05, 0) is 39.0 Å². The molecular formula is C16H18N4O5S. The smallest absolute Gasteiger partial charge is 0.419 e. The first-order valence-corrected chi connectivity index (χ1v) is 9.31. The molecule has 0 saturated heterocycles. The second-order valence-electron chi connectivity index (χ2n) is 5.65. The van der Waals surface area contributed by atoms with Gasteiger partial charge in [0.2, 0.25) is 0 Å². The summed E-state index contributed by atoms with van der Waals surface area (Å²) in [7, 11) is -2.40. The molecule has 0 bridgehead atoms. The number of hydrogen-bond acceptors (Lipinski definition) is 7. The zero-order chi connectivity index (χ0) is 19.1. The molecule has 0 atom stereocenters. The molecule has 3 aromatic rings. The topological polar surface area (TPSA) is 116 Å². The lowest BCUT2D eigenvalue weighted by Crippen LogP contribution is -2.16. The first kappa shape index (κ1) is 17.9. The Hall–Kier alpha value is -2.88. The number of anilines is 1. The lowest BCUT2D eigenvalue weighted by molar-refractivity contribution is 0.311. The third-order valence-corrected chi connectivity index (χ3v) is 5.18. The minimum atomic E-state index is -3.91. The highest BCUT2D eigenvalue weighted by atomic mass is 32.2. The number of rotatable bonds is 5. The molecule has 10 heteroatoms. The van der Waals surface area contributed by atoms with Crippen LogP contribution in [0.25, 0.3) is 11.1 Å². The summed E-state index contributed by atoms with van der Waals surface area (Å²) >= 11 is 0. The van der Waals surface area contributed by atoms with Crippen molar-refractivity contribution in [3.05, 3.63) is 40.1 Å². The summed E-state index contributed by atoms with van der Waals surface area (Å²) in [6, 6.07) is 4.39. The van der Waals surface area contributed by atoms with Crippen LogP contribution in [-0.2, 0) is 17.1 Å². The molecule has 1 N–H and O–H groups in total. The van der Waals surface area contributed by atoms with E-state index in [1.54, 1.807) is 13.8 Å². The number of fused-ring (bicyclic) bond motifs is 1. The number of nitrogens with one attached hydrogen (secondary N) is 1. The molecule has 0 radical (unpaired) electrons. The first-order chi connectivity index (χ1) is 12.2. The van der Waals surface area contributed by atoms with Crippen LogP contribution < -0.4 is 15.2 Å². The van der Waals surface area contributed by atoms with Gasteiger partial charge in [0.1, 0.15) is 0 Å². The average molecular weight is 378 g/mol. The lowest BCUT2D eigenvalue weighted by atomic mass is 10.3. The number of aromatic nitrogens is 3. The monoisotopic (exact) mass is 378 g/mol. The van der Waals surface area contributed by atoms with E-state index in [4.69, 9.17) is 9.15 Å². The molecule has 0 spiro atoms. The van der Waals surface area contributed by atoms with Crippen molar-refractivity contribution in [3.63, 3.8) is 0 Å². The van der Waals surface area contributed by atoms with Crippen molar-refractivity contribution in [2.45, 2.75) is 25.7 Å². The summed E-state index contributed by atoms with van der Waals surface area (Å²) in [4.78, 5) is 19.9. The SMILES string of the molecule is CCOc1nc(C)c(NS(=O)(=O)c2ccc3oc(=O)n(C)c3c2)c(C)n1. The van der Waals surface area contributed by atoms with Crippen molar-refractivity contribution in [2.24, 2.45) is 7.05 Å². The Morgan fingerprint density at radius 1 is 1.23 bits per heavy atom. The van der Waals surface area contributed by atoms with Gasteiger partial charge in [-0.1, -0.05) is 0 Å². The van der Waals surface area contributed by atoms with E-state index in [0.717, 1.165) is 0 Å². The second kappa shape index (κ2) is 6.45. The van der Waals surface area contributed by atoms with Crippen LogP contribution in [0, 0.1) is 13.8 Å². The van der Waals surface area contributed by atoms with Crippen molar-refractivity contribution in [3.8, 4) is 6.01 Å². The summed E-state index contributed by atoms with van der Waals surface area (Å²) in [6.07, 6.45) is 0. The first-order valence-electron chi connectivity index (χ1n) is 7.83. The zero-order valence-corrected chi connectivity index (χ0v) is 15.5. The van der Waals surface area contributed by atoms with Crippen LogP contribution in [0.3, 0.4) is 0 Å². The Morgan fingerprint density at radius 3 is 2.50 bits per heavy atom. The number of aryl methyl sites for hydroxylation is 3. The summed E-state index contributed by atoms with van der Waals surface area (Å²) in [5.74, 6) is -0.561. The molecule has 2 aromatic heterocycles. The predicted octanol–water partition coefficient (Wildman–Crippen LogP) is 1.74. The molecule has 0 aliphatic carbocycles. The number of sulfonamides is 1. The van der Waals surface area contributed by atoms with Gasteiger partial charge in [0.05, 0.1) is 34.1 Å². The summed E-state index contributed by atoms with van der Waals surface area (Å²) in [6.45, 7) is 5.55. The highest BCUT2D eigenvalue weighted by Gasteiger charge is 2.20. The van der Waals surface area contributed by atoms with E-state index >= 15 is 0 Å². The predicted molar refractivity (Wildman–Crippen MR) is 94.9 cm³/mol. The minimum Gasteiger partial charge on any atom is -0.464 e. The second-order valence-corrected chi connectivity index (χ2v) is 7.33. The van der Waals surface area contributed by atoms with Crippen LogP contribution in [0.4, 0.5) is 5.69 Å². The van der Waals surface area contributed by atoms with E-state index in [9.17, 15) is 13.2 Å². The molecule has 0 aliphatic rings. The number of hydrogen-bond donors (Lipinski definition) is 1. The Labute approximate surface area is 149 Å². The highest BCUT2D eigenvalue weighted by Crippen LogP contribution is 2.25. The highest BCUT2D eigenvalue weighted by molar-refractivity contribution is 7.92. The number of benzene rings is 1. The van der Waals surface area contributed by atoms with Gasteiger partial charge in [-0.15, -0.1) is 0 Å². The van der Waals surface area contributed by atoms with Gasteiger partial charge in [0, 0.05) is 7.05 Å².